The molecular weight excluding hydrogens is 306 g/mol. The van der Waals surface area contributed by atoms with Crippen LogP contribution in [0.4, 0.5) is 0 Å². The van der Waals surface area contributed by atoms with Crippen LogP contribution in [0.15, 0.2) is 11.6 Å². The lowest BCUT2D eigenvalue weighted by molar-refractivity contribution is 0.146. The zero-order valence-corrected chi connectivity index (χ0v) is 14.4. The molecule has 0 unspecified atom stereocenters. The summed E-state index contributed by atoms with van der Waals surface area (Å²) in [5.74, 6) is 1.27. The minimum absolute atomic E-state index is 0.0977. The first-order chi connectivity index (χ1) is 9.34. The van der Waals surface area contributed by atoms with Gasteiger partial charge < -0.3 is 13.6 Å². The molecule has 0 bridgehead atoms. The van der Waals surface area contributed by atoms with Crippen LogP contribution in [0, 0.1) is 0 Å². The smallest absolute Gasteiger partial charge is 0.409 e. The highest BCUT2D eigenvalue weighted by Gasteiger charge is 2.29. The summed E-state index contributed by atoms with van der Waals surface area (Å²) in [7, 11) is -7.12. The van der Waals surface area contributed by atoms with Gasteiger partial charge >= 0.3 is 15.4 Å². The van der Waals surface area contributed by atoms with E-state index in [1.165, 1.54) is 12.7 Å². The maximum Gasteiger partial charge on any atom is 0.529 e. The van der Waals surface area contributed by atoms with Gasteiger partial charge in [-0.25, -0.2) is 4.57 Å². The second kappa shape index (κ2) is 9.72. The third-order valence-corrected chi connectivity index (χ3v) is 5.36. The van der Waals surface area contributed by atoms with E-state index < -0.39 is 15.4 Å². The van der Waals surface area contributed by atoms with Gasteiger partial charge in [0, 0.05) is 0 Å². The van der Waals surface area contributed by atoms with Crippen LogP contribution in [0.5, 0.6) is 0 Å². The first kappa shape index (κ1) is 19.8. The standard InChI is InChI=1S/C11H24O7P2/c1-6-14-19(12,15-7-2)10-11(5)18-20(13,16-8-3)17-9-4/h10H,6-9H2,1-5H3/b11-10-. The normalized spacial score (nSPS) is 13.6. The number of rotatable bonds is 11. The molecule has 0 aromatic carbocycles. The van der Waals surface area contributed by atoms with Crippen LogP contribution in [-0.4, -0.2) is 26.4 Å². The van der Waals surface area contributed by atoms with Gasteiger partial charge in [0.1, 0.15) is 5.76 Å². The van der Waals surface area contributed by atoms with Gasteiger partial charge in [-0.2, -0.15) is 0 Å². The highest BCUT2D eigenvalue weighted by Crippen LogP contribution is 2.55. The molecule has 9 heteroatoms. The van der Waals surface area contributed by atoms with Crippen molar-refractivity contribution in [1.82, 2.24) is 0 Å². The second-order valence-corrected chi connectivity index (χ2v) is 6.94. The fraction of sp³-hybridized carbons (Fsp3) is 0.818. The second-order valence-electron chi connectivity index (χ2n) is 3.49. The molecule has 0 aliphatic carbocycles. The Hall–Kier alpha value is -0.160. The molecule has 0 heterocycles. The summed E-state index contributed by atoms with van der Waals surface area (Å²) in [5.41, 5.74) is 0. The van der Waals surface area contributed by atoms with Gasteiger partial charge in [-0.05, 0) is 34.6 Å². The van der Waals surface area contributed by atoms with Crippen molar-refractivity contribution in [2.75, 3.05) is 26.4 Å². The Morgan fingerprint density at radius 3 is 1.60 bits per heavy atom. The third kappa shape index (κ3) is 7.58. The summed E-state index contributed by atoms with van der Waals surface area (Å²) in [6, 6.07) is 0. The van der Waals surface area contributed by atoms with Crippen molar-refractivity contribution in [3.05, 3.63) is 11.6 Å². The Bertz CT molecular complexity index is 374. The maximum absolute atomic E-state index is 12.3. The lowest BCUT2D eigenvalue weighted by atomic mass is 10.7. The average molecular weight is 330 g/mol. The van der Waals surface area contributed by atoms with Crippen LogP contribution in [0.2, 0.25) is 0 Å². The van der Waals surface area contributed by atoms with E-state index in [1.54, 1.807) is 27.7 Å². The minimum atomic E-state index is -3.70. The SMILES string of the molecule is CCOP(=O)(/C=C(/C)OP(=O)(OCC)OCC)OCC. The molecule has 120 valence electrons. The molecular formula is C11H24O7P2. The van der Waals surface area contributed by atoms with E-state index in [-0.39, 0.29) is 32.2 Å². The first-order valence-corrected chi connectivity index (χ1v) is 9.58. The molecule has 0 aromatic heterocycles. The van der Waals surface area contributed by atoms with Gasteiger partial charge in [0.2, 0.25) is 0 Å². The molecule has 0 rings (SSSR count). The van der Waals surface area contributed by atoms with Gasteiger partial charge in [0.15, 0.2) is 0 Å². The number of allylic oxidation sites excluding steroid dienone is 1. The van der Waals surface area contributed by atoms with E-state index in [4.69, 9.17) is 22.6 Å². The van der Waals surface area contributed by atoms with Gasteiger partial charge in [0.25, 0.3) is 0 Å². The lowest BCUT2D eigenvalue weighted by Gasteiger charge is -2.19. The predicted molar refractivity (Wildman–Crippen MR) is 76.6 cm³/mol. The van der Waals surface area contributed by atoms with Crippen LogP contribution >= 0.6 is 15.4 Å². The van der Waals surface area contributed by atoms with Crippen molar-refractivity contribution in [2.45, 2.75) is 34.6 Å². The first-order valence-electron chi connectivity index (χ1n) is 6.51. The van der Waals surface area contributed by atoms with E-state index in [2.05, 4.69) is 0 Å². The third-order valence-electron chi connectivity index (χ3n) is 1.79. The fourth-order valence-electron chi connectivity index (χ4n) is 1.30. The zero-order chi connectivity index (χ0) is 15.6. The monoisotopic (exact) mass is 330 g/mol. The minimum Gasteiger partial charge on any atom is -0.409 e. The summed E-state index contributed by atoms with van der Waals surface area (Å²) in [5, 5.41) is 0. The van der Waals surface area contributed by atoms with Crippen LogP contribution < -0.4 is 0 Å². The van der Waals surface area contributed by atoms with Crippen LogP contribution in [0.1, 0.15) is 34.6 Å². The van der Waals surface area contributed by atoms with Crippen molar-refractivity contribution >= 4 is 15.4 Å². The van der Waals surface area contributed by atoms with E-state index >= 15 is 0 Å². The molecule has 0 aliphatic rings. The van der Waals surface area contributed by atoms with E-state index in [0.29, 0.717) is 0 Å². The molecule has 0 N–H and O–H groups in total. The van der Waals surface area contributed by atoms with Gasteiger partial charge in [0.05, 0.1) is 32.2 Å². The summed E-state index contributed by atoms with van der Waals surface area (Å²) in [4.78, 5) is 0. The Labute approximate surface area is 120 Å². The zero-order valence-electron chi connectivity index (χ0n) is 12.7. The Kier molecular flexibility index (Phi) is 9.64. The van der Waals surface area contributed by atoms with Crippen molar-refractivity contribution in [2.24, 2.45) is 0 Å². The summed E-state index contributed by atoms with van der Waals surface area (Å²) < 4.78 is 49.7. The molecule has 0 amide bonds. The fourth-order valence-corrected chi connectivity index (χ4v) is 4.04. The number of hydrogen-bond donors (Lipinski definition) is 0. The van der Waals surface area contributed by atoms with Gasteiger partial charge in [-0.3, -0.25) is 13.6 Å². The molecule has 0 atom stereocenters. The Balaban J connectivity index is 5.01. The predicted octanol–water partition coefficient (Wildman–Crippen LogP) is 4.31. The van der Waals surface area contributed by atoms with Crippen LogP contribution in [-0.2, 0) is 31.7 Å². The van der Waals surface area contributed by atoms with E-state index in [9.17, 15) is 9.13 Å². The van der Waals surface area contributed by atoms with E-state index in [1.807, 2.05) is 0 Å². The molecule has 0 spiro atoms. The Morgan fingerprint density at radius 2 is 1.25 bits per heavy atom. The largest absolute Gasteiger partial charge is 0.529 e. The molecule has 0 saturated carbocycles. The molecule has 0 aromatic rings. The molecule has 0 aliphatic heterocycles. The van der Waals surface area contributed by atoms with Gasteiger partial charge in [-0.15, -0.1) is 0 Å². The summed E-state index contributed by atoms with van der Waals surface area (Å²) >= 11 is 0. The molecule has 0 saturated heterocycles. The molecule has 7 nitrogen and oxygen atoms in total. The summed E-state index contributed by atoms with van der Waals surface area (Å²) in [6.45, 7) is 8.97. The van der Waals surface area contributed by atoms with E-state index in [0.717, 1.165) is 0 Å². The van der Waals surface area contributed by atoms with Gasteiger partial charge in [-0.1, -0.05) is 0 Å². The van der Waals surface area contributed by atoms with Crippen molar-refractivity contribution in [1.29, 1.82) is 0 Å². The maximum atomic E-state index is 12.3. The highest BCUT2D eigenvalue weighted by molar-refractivity contribution is 7.57. The van der Waals surface area contributed by atoms with Crippen LogP contribution in [0.25, 0.3) is 0 Å². The highest BCUT2D eigenvalue weighted by atomic mass is 31.2. The lowest BCUT2D eigenvalue weighted by Crippen LogP contribution is -2.00. The summed E-state index contributed by atoms with van der Waals surface area (Å²) in [6.07, 6.45) is 0. The quantitative estimate of drug-likeness (QED) is 0.412. The molecule has 20 heavy (non-hydrogen) atoms. The molecule has 0 radical (unpaired) electrons. The number of hydrogen-bond acceptors (Lipinski definition) is 7. The van der Waals surface area contributed by atoms with Crippen LogP contribution in [0.3, 0.4) is 0 Å². The molecule has 0 fully saturated rings. The van der Waals surface area contributed by atoms with Crippen molar-refractivity contribution in [3.63, 3.8) is 0 Å². The Morgan fingerprint density at radius 1 is 0.850 bits per heavy atom. The number of phosphoric acid groups is 1. The average Bonchev–Trinajstić information content (AvgIpc) is 2.28. The number of phosphoric ester groups is 1. The van der Waals surface area contributed by atoms with Crippen molar-refractivity contribution in [3.8, 4) is 0 Å². The van der Waals surface area contributed by atoms with Crippen molar-refractivity contribution < 1.29 is 31.7 Å². The topological polar surface area (TPSA) is 80.3 Å².